The molecule has 1 atom stereocenters. The Morgan fingerprint density at radius 1 is 1.31 bits per heavy atom. The highest BCUT2D eigenvalue weighted by molar-refractivity contribution is 5.66. The first-order valence-corrected chi connectivity index (χ1v) is 5.98. The molecule has 4 nitrogen and oxygen atoms in total. The predicted molar refractivity (Wildman–Crippen MR) is 59.1 cm³/mol. The highest BCUT2D eigenvalue weighted by Crippen LogP contribution is 2.35. The van der Waals surface area contributed by atoms with Crippen LogP contribution in [0.5, 0.6) is 0 Å². The molecule has 0 aliphatic heterocycles. The number of hydrogen-bond donors (Lipinski definition) is 2. The fourth-order valence-electron chi connectivity index (χ4n) is 2.47. The lowest BCUT2D eigenvalue weighted by Gasteiger charge is -2.36. The molecule has 1 saturated carbocycles. The van der Waals surface area contributed by atoms with Gasteiger partial charge in [0.1, 0.15) is 6.29 Å². The quantitative estimate of drug-likeness (QED) is 0.679. The molecule has 0 radical (unpaired) electrons. The van der Waals surface area contributed by atoms with Gasteiger partial charge in [-0.25, -0.2) is 0 Å². The number of carbonyl (C=O) groups excluding carboxylic acids is 1. The van der Waals surface area contributed by atoms with E-state index in [9.17, 15) is 14.7 Å². The zero-order valence-electron chi connectivity index (χ0n) is 9.52. The van der Waals surface area contributed by atoms with Gasteiger partial charge in [-0.2, -0.15) is 0 Å². The second kappa shape index (κ2) is 5.99. The molecule has 1 fully saturated rings. The molecule has 0 aromatic heterocycles. The first-order valence-electron chi connectivity index (χ1n) is 5.98. The monoisotopic (exact) mass is 228 g/mol. The Morgan fingerprint density at radius 2 is 1.94 bits per heavy atom. The molecule has 0 spiro atoms. The van der Waals surface area contributed by atoms with Crippen LogP contribution >= 0.6 is 0 Å². The average molecular weight is 228 g/mol. The Balaban J connectivity index is 2.45. The van der Waals surface area contributed by atoms with Crippen molar-refractivity contribution in [3.8, 4) is 0 Å². The van der Waals surface area contributed by atoms with E-state index in [4.69, 9.17) is 5.11 Å². The van der Waals surface area contributed by atoms with Gasteiger partial charge in [0.05, 0.1) is 5.60 Å². The van der Waals surface area contributed by atoms with Crippen molar-refractivity contribution >= 4 is 12.3 Å². The van der Waals surface area contributed by atoms with Crippen LogP contribution in [0.1, 0.15) is 51.4 Å². The van der Waals surface area contributed by atoms with Gasteiger partial charge in [0.25, 0.3) is 0 Å². The first-order chi connectivity index (χ1) is 7.58. The standard InChI is InChI=1S/C12H20O4/c13-9-10(5-4-6-11(14)15)12(16)7-2-1-3-8-12/h9-10,16H,1-8H2,(H,14,15). The molecule has 1 aliphatic carbocycles. The first kappa shape index (κ1) is 13.2. The van der Waals surface area contributed by atoms with Crippen LogP contribution in [0.15, 0.2) is 0 Å². The van der Waals surface area contributed by atoms with Crippen LogP contribution in [-0.2, 0) is 9.59 Å². The number of aldehydes is 1. The van der Waals surface area contributed by atoms with Crippen LogP contribution in [0.2, 0.25) is 0 Å². The smallest absolute Gasteiger partial charge is 0.303 e. The van der Waals surface area contributed by atoms with E-state index >= 15 is 0 Å². The summed E-state index contributed by atoms with van der Waals surface area (Å²) in [5.41, 5.74) is -0.876. The van der Waals surface area contributed by atoms with Crippen LogP contribution in [-0.4, -0.2) is 28.1 Å². The van der Waals surface area contributed by atoms with E-state index in [-0.39, 0.29) is 6.42 Å². The molecule has 1 rings (SSSR count). The van der Waals surface area contributed by atoms with Crippen molar-refractivity contribution in [1.29, 1.82) is 0 Å². The molecule has 16 heavy (non-hydrogen) atoms. The zero-order valence-corrected chi connectivity index (χ0v) is 9.52. The number of carboxylic acid groups (broad SMARTS) is 1. The number of carboxylic acids is 1. The third kappa shape index (κ3) is 3.59. The van der Waals surface area contributed by atoms with Crippen molar-refractivity contribution in [2.45, 2.75) is 57.0 Å². The van der Waals surface area contributed by atoms with Gasteiger partial charge in [-0.1, -0.05) is 19.3 Å². The number of aliphatic carboxylic acids is 1. The number of aliphatic hydroxyl groups is 1. The Kier molecular flexibility index (Phi) is 4.93. The van der Waals surface area contributed by atoms with Crippen LogP contribution in [0.3, 0.4) is 0 Å². The summed E-state index contributed by atoms with van der Waals surface area (Å²) in [7, 11) is 0. The van der Waals surface area contributed by atoms with Gasteiger partial charge in [-0.3, -0.25) is 4.79 Å². The normalized spacial score (nSPS) is 21.3. The Labute approximate surface area is 95.7 Å². The Morgan fingerprint density at radius 3 is 2.44 bits per heavy atom. The predicted octanol–water partition coefficient (Wildman–Crippen LogP) is 1.75. The van der Waals surface area contributed by atoms with Crippen LogP contribution < -0.4 is 0 Å². The Hall–Kier alpha value is -0.900. The lowest BCUT2D eigenvalue weighted by atomic mass is 9.74. The Bertz CT molecular complexity index is 243. The molecule has 92 valence electrons. The summed E-state index contributed by atoms with van der Waals surface area (Å²) >= 11 is 0. The van der Waals surface area contributed by atoms with Crippen molar-refractivity contribution in [2.24, 2.45) is 5.92 Å². The van der Waals surface area contributed by atoms with Crippen molar-refractivity contribution in [2.75, 3.05) is 0 Å². The maximum Gasteiger partial charge on any atom is 0.303 e. The van der Waals surface area contributed by atoms with E-state index in [1.54, 1.807) is 0 Å². The van der Waals surface area contributed by atoms with E-state index in [1.807, 2.05) is 0 Å². The molecule has 1 aliphatic rings. The van der Waals surface area contributed by atoms with E-state index in [1.165, 1.54) is 0 Å². The lowest BCUT2D eigenvalue weighted by molar-refractivity contribution is -0.138. The third-order valence-electron chi connectivity index (χ3n) is 3.48. The zero-order chi connectivity index (χ0) is 12.0. The fourth-order valence-corrected chi connectivity index (χ4v) is 2.47. The summed E-state index contributed by atoms with van der Waals surface area (Å²) in [5, 5.41) is 18.8. The summed E-state index contributed by atoms with van der Waals surface area (Å²) in [6.45, 7) is 0. The second-order valence-electron chi connectivity index (χ2n) is 4.69. The van der Waals surface area contributed by atoms with Gasteiger partial charge in [-0.05, 0) is 25.7 Å². The summed E-state index contributed by atoms with van der Waals surface area (Å²) in [6, 6.07) is 0. The number of rotatable bonds is 6. The molecule has 2 N–H and O–H groups in total. The maximum atomic E-state index is 11.0. The maximum absolute atomic E-state index is 11.0. The SMILES string of the molecule is O=CC(CCCC(=O)O)C1(O)CCCCC1. The van der Waals surface area contributed by atoms with Gasteiger partial charge in [0.15, 0.2) is 0 Å². The average Bonchev–Trinajstić information content (AvgIpc) is 2.25. The number of carbonyl (C=O) groups is 2. The van der Waals surface area contributed by atoms with Crippen molar-refractivity contribution < 1.29 is 19.8 Å². The molecule has 0 saturated heterocycles. The molecule has 0 amide bonds. The molecular formula is C12H20O4. The van der Waals surface area contributed by atoms with E-state index in [2.05, 4.69) is 0 Å². The van der Waals surface area contributed by atoms with Crippen molar-refractivity contribution in [3.05, 3.63) is 0 Å². The van der Waals surface area contributed by atoms with Gasteiger partial charge in [0, 0.05) is 12.3 Å². The molecule has 4 heteroatoms. The fraction of sp³-hybridized carbons (Fsp3) is 0.833. The van der Waals surface area contributed by atoms with Gasteiger partial charge in [0.2, 0.25) is 0 Å². The van der Waals surface area contributed by atoms with E-state index < -0.39 is 17.5 Å². The van der Waals surface area contributed by atoms with E-state index in [0.29, 0.717) is 25.7 Å². The summed E-state index contributed by atoms with van der Waals surface area (Å²) in [5.74, 6) is -1.24. The lowest BCUT2D eigenvalue weighted by Crippen LogP contribution is -2.40. The topological polar surface area (TPSA) is 74.6 Å². The molecule has 0 aromatic rings. The third-order valence-corrected chi connectivity index (χ3v) is 3.48. The summed E-state index contributed by atoms with van der Waals surface area (Å²) in [6.07, 6.45) is 6.18. The van der Waals surface area contributed by atoms with Gasteiger partial charge < -0.3 is 15.0 Å². The van der Waals surface area contributed by atoms with Crippen LogP contribution in [0, 0.1) is 5.92 Å². The molecular weight excluding hydrogens is 208 g/mol. The largest absolute Gasteiger partial charge is 0.481 e. The second-order valence-corrected chi connectivity index (χ2v) is 4.69. The minimum Gasteiger partial charge on any atom is -0.481 e. The van der Waals surface area contributed by atoms with Gasteiger partial charge >= 0.3 is 5.97 Å². The highest BCUT2D eigenvalue weighted by atomic mass is 16.4. The summed E-state index contributed by atoms with van der Waals surface area (Å²) in [4.78, 5) is 21.4. The summed E-state index contributed by atoms with van der Waals surface area (Å²) < 4.78 is 0. The van der Waals surface area contributed by atoms with Crippen molar-refractivity contribution in [3.63, 3.8) is 0 Å². The van der Waals surface area contributed by atoms with Crippen LogP contribution in [0.25, 0.3) is 0 Å². The number of hydrogen-bond acceptors (Lipinski definition) is 3. The minimum atomic E-state index is -0.876. The molecule has 0 heterocycles. The van der Waals surface area contributed by atoms with Gasteiger partial charge in [-0.15, -0.1) is 0 Å². The van der Waals surface area contributed by atoms with E-state index in [0.717, 1.165) is 25.5 Å². The molecule has 0 aromatic carbocycles. The minimum absolute atomic E-state index is 0.0699. The molecule has 1 unspecified atom stereocenters. The van der Waals surface area contributed by atoms with Crippen LogP contribution in [0.4, 0.5) is 0 Å². The highest BCUT2D eigenvalue weighted by Gasteiger charge is 2.37. The molecule has 0 bridgehead atoms. The van der Waals surface area contributed by atoms with Crippen molar-refractivity contribution in [1.82, 2.24) is 0 Å².